The highest BCUT2D eigenvalue weighted by molar-refractivity contribution is 5.82. The van der Waals surface area contributed by atoms with Crippen LogP contribution in [0.25, 0.3) is 0 Å². The molecule has 1 saturated carbocycles. The number of Topliss-reactive ketones (excluding diaryl/α,β-unsaturated/α-hetero) is 1. The molecule has 3 heteroatoms. The van der Waals surface area contributed by atoms with Gasteiger partial charge in [0.2, 0.25) is 0 Å². The van der Waals surface area contributed by atoms with Crippen LogP contribution in [0.2, 0.25) is 0 Å². The van der Waals surface area contributed by atoms with Crippen LogP contribution in [-0.4, -0.2) is 30.7 Å². The van der Waals surface area contributed by atoms with Crippen LogP contribution >= 0.6 is 0 Å². The van der Waals surface area contributed by atoms with Gasteiger partial charge in [-0.2, -0.15) is 0 Å². The highest BCUT2D eigenvalue weighted by Gasteiger charge is 2.54. The van der Waals surface area contributed by atoms with E-state index in [9.17, 15) is 4.79 Å². The quantitative estimate of drug-likeness (QED) is 0.594. The zero-order chi connectivity index (χ0) is 20.8. The molecule has 0 amide bonds. The zero-order valence-corrected chi connectivity index (χ0v) is 18.9. The molecule has 2 aliphatic rings. The average molecular weight is 389 g/mol. The lowest BCUT2D eigenvalue weighted by atomic mass is 9.61. The third kappa shape index (κ3) is 5.90. The molecule has 1 saturated heterocycles. The zero-order valence-electron chi connectivity index (χ0n) is 18.9. The molecule has 158 valence electrons. The van der Waals surface area contributed by atoms with Crippen LogP contribution < -0.4 is 0 Å². The SMILES string of the molecule is CCCC1(C(C)=O)CCC2(CC1)CC(C)(C)O2.COCCc1ccc(C)cc1. The molecular formula is C25H40O3. The van der Waals surface area contributed by atoms with Crippen molar-refractivity contribution in [3.05, 3.63) is 35.4 Å². The predicted octanol–water partition coefficient (Wildman–Crippen LogP) is 6.06. The number of benzene rings is 1. The number of hydrogen-bond donors (Lipinski definition) is 0. The van der Waals surface area contributed by atoms with E-state index in [4.69, 9.17) is 9.47 Å². The summed E-state index contributed by atoms with van der Waals surface area (Å²) in [6.45, 7) is 11.2. The fourth-order valence-corrected chi connectivity index (χ4v) is 5.05. The number of hydrogen-bond acceptors (Lipinski definition) is 3. The summed E-state index contributed by atoms with van der Waals surface area (Å²) in [6, 6.07) is 8.55. The number of ketones is 1. The van der Waals surface area contributed by atoms with E-state index in [-0.39, 0.29) is 16.6 Å². The molecule has 3 nitrogen and oxygen atoms in total. The van der Waals surface area contributed by atoms with Gasteiger partial charge in [0.1, 0.15) is 5.78 Å². The van der Waals surface area contributed by atoms with Gasteiger partial charge in [0.05, 0.1) is 17.8 Å². The second-order valence-electron chi connectivity index (χ2n) is 9.54. The average Bonchev–Trinajstić information content (AvgIpc) is 2.62. The van der Waals surface area contributed by atoms with Gasteiger partial charge < -0.3 is 9.47 Å². The first kappa shape index (κ1) is 23.1. The second kappa shape index (κ2) is 9.54. The van der Waals surface area contributed by atoms with Crippen molar-refractivity contribution in [1.82, 2.24) is 0 Å². The van der Waals surface area contributed by atoms with Crippen molar-refractivity contribution in [3.8, 4) is 0 Å². The van der Waals surface area contributed by atoms with Gasteiger partial charge in [-0.3, -0.25) is 4.79 Å². The molecule has 0 N–H and O–H groups in total. The summed E-state index contributed by atoms with van der Waals surface area (Å²) in [5.41, 5.74) is 2.82. The summed E-state index contributed by atoms with van der Waals surface area (Å²) < 4.78 is 11.1. The van der Waals surface area contributed by atoms with Crippen molar-refractivity contribution < 1.29 is 14.3 Å². The lowest BCUT2D eigenvalue weighted by molar-refractivity contribution is -0.274. The molecule has 2 fully saturated rings. The van der Waals surface area contributed by atoms with Crippen molar-refractivity contribution in [3.63, 3.8) is 0 Å². The van der Waals surface area contributed by atoms with Gasteiger partial charge in [-0.1, -0.05) is 43.2 Å². The number of carbonyl (C=O) groups excluding carboxylic acids is 1. The standard InChI is InChI=1S/C15H26O2.C10H14O/c1-5-6-14(12(2)16)7-9-15(10-8-14)11-13(3,4)17-15;1-9-3-5-10(6-4-9)7-8-11-2/h5-11H2,1-4H3;3-6H,7-8H2,1-2H3. The lowest BCUT2D eigenvalue weighted by Crippen LogP contribution is -2.59. The van der Waals surface area contributed by atoms with Crippen LogP contribution in [0.3, 0.4) is 0 Å². The Morgan fingerprint density at radius 2 is 1.68 bits per heavy atom. The molecule has 3 rings (SSSR count). The van der Waals surface area contributed by atoms with Gasteiger partial charge in [0.25, 0.3) is 0 Å². The Kier molecular flexibility index (Phi) is 7.87. The van der Waals surface area contributed by atoms with Crippen LogP contribution in [0.15, 0.2) is 24.3 Å². The minimum atomic E-state index is -0.0247. The highest BCUT2D eigenvalue weighted by Crippen LogP contribution is 2.54. The highest BCUT2D eigenvalue weighted by atomic mass is 16.5. The molecule has 1 aromatic rings. The van der Waals surface area contributed by atoms with Crippen molar-refractivity contribution in [2.24, 2.45) is 5.41 Å². The molecule has 0 bridgehead atoms. The first-order chi connectivity index (χ1) is 13.2. The summed E-state index contributed by atoms with van der Waals surface area (Å²) in [4.78, 5) is 11.9. The summed E-state index contributed by atoms with van der Waals surface area (Å²) >= 11 is 0. The summed E-state index contributed by atoms with van der Waals surface area (Å²) in [5.74, 6) is 0.396. The molecule has 28 heavy (non-hydrogen) atoms. The van der Waals surface area contributed by atoms with E-state index in [2.05, 4.69) is 52.0 Å². The van der Waals surface area contributed by atoms with Gasteiger partial charge in [-0.15, -0.1) is 0 Å². The monoisotopic (exact) mass is 388 g/mol. The van der Waals surface area contributed by atoms with Gasteiger partial charge >= 0.3 is 0 Å². The van der Waals surface area contributed by atoms with Crippen LogP contribution in [0.5, 0.6) is 0 Å². The molecule has 0 atom stereocenters. The molecule has 0 aromatic heterocycles. The first-order valence-corrected chi connectivity index (χ1v) is 10.9. The maximum absolute atomic E-state index is 11.9. The number of aryl methyl sites for hydroxylation is 1. The topological polar surface area (TPSA) is 35.5 Å². The Bertz CT molecular complexity index is 612. The molecule has 1 aromatic carbocycles. The van der Waals surface area contributed by atoms with E-state index in [1.54, 1.807) is 14.0 Å². The fourth-order valence-electron chi connectivity index (χ4n) is 5.05. The van der Waals surface area contributed by atoms with Crippen LogP contribution in [0.1, 0.15) is 83.8 Å². The largest absolute Gasteiger partial charge is 0.384 e. The Hall–Kier alpha value is -1.19. The molecule has 1 heterocycles. The van der Waals surface area contributed by atoms with E-state index in [1.807, 2.05) is 0 Å². The van der Waals surface area contributed by atoms with Crippen molar-refractivity contribution >= 4 is 5.78 Å². The van der Waals surface area contributed by atoms with Crippen LogP contribution in [-0.2, 0) is 20.7 Å². The van der Waals surface area contributed by atoms with Crippen molar-refractivity contribution in [1.29, 1.82) is 0 Å². The Morgan fingerprint density at radius 1 is 1.11 bits per heavy atom. The van der Waals surface area contributed by atoms with Gasteiger partial charge in [0.15, 0.2) is 0 Å². The third-order valence-electron chi connectivity index (χ3n) is 6.55. The van der Waals surface area contributed by atoms with E-state index < -0.39 is 0 Å². The first-order valence-electron chi connectivity index (χ1n) is 10.9. The molecular weight excluding hydrogens is 348 g/mol. The van der Waals surface area contributed by atoms with Crippen molar-refractivity contribution in [2.75, 3.05) is 13.7 Å². The predicted molar refractivity (Wildman–Crippen MR) is 116 cm³/mol. The maximum Gasteiger partial charge on any atom is 0.135 e. The number of carbonyl (C=O) groups is 1. The molecule has 0 radical (unpaired) electrons. The Labute approximate surface area is 172 Å². The smallest absolute Gasteiger partial charge is 0.135 e. The van der Waals surface area contributed by atoms with E-state index in [0.717, 1.165) is 51.6 Å². The Morgan fingerprint density at radius 3 is 2.11 bits per heavy atom. The molecule has 1 spiro atoms. The fraction of sp³-hybridized carbons (Fsp3) is 0.720. The number of rotatable bonds is 6. The number of ether oxygens (including phenoxy) is 2. The van der Waals surface area contributed by atoms with E-state index >= 15 is 0 Å². The minimum Gasteiger partial charge on any atom is -0.384 e. The lowest BCUT2D eigenvalue weighted by Gasteiger charge is -2.57. The number of methoxy groups -OCH3 is 1. The van der Waals surface area contributed by atoms with Crippen LogP contribution in [0, 0.1) is 12.3 Å². The summed E-state index contributed by atoms with van der Waals surface area (Å²) in [7, 11) is 1.73. The summed E-state index contributed by atoms with van der Waals surface area (Å²) in [6.07, 6.45) is 8.57. The van der Waals surface area contributed by atoms with Crippen molar-refractivity contribution in [2.45, 2.75) is 97.2 Å². The summed E-state index contributed by atoms with van der Waals surface area (Å²) in [5, 5.41) is 0. The van der Waals surface area contributed by atoms with Crippen LogP contribution in [0.4, 0.5) is 0 Å². The maximum atomic E-state index is 11.9. The van der Waals surface area contributed by atoms with Gasteiger partial charge in [-0.25, -0.2) is 0 Å². The van der Waals surface area contributed by atoms with Gasteiger partial charge in [0, 0.05) is 18.9 Å². The minimum absolute atomic E-state index is 0.0247. The van der Waals surface area contributed by atoms with E-state index in [0.29, 0.717) is 5.78 Å². The second-order valence-corrected chi connectivity index (χ2v) is 9.54. The Balaban J connectivity index is 0.000000221. The molecule has 1 aliphatic carbocycles. The van der Waals surface area contributed by atoms with Gasteiger partial charge in [-0.05, 0) is 71.8 Å². The van der Waals surface area contributed by atoms with E-state index in [1.165, 1.54) is 17.5 Å². The third-order valence-corrected chi connectivity index (χ3v) is 6.55. The normalized spacial score (nSPS) is 28.2. The molecule has 0 unspecified atom stereocenters. The molecule has 1 aliphatic heterocycles.